The maximum atomic E-state index is 12.8. The molecule has 0 saturated heterocycles. The Balaban J connectivity index is 2.40. The maximum Gasteiger partial charge on any atom is 0.321 e. The van der Waals surface area contributed by atoms with Crippen molar-refractivity contribution in [2.75, 3.05) is 6.61 Å². The van der Waals surface area contributed by atoms with Gasteiger partial charge in [-0.3, -0.25) is 0 Å². The predicted octanol–water partition coefficient (Wildman–Crippen LogP) is 2.73. The minimum Gasteiger partial charge on any atom is -0.464 e. The van der Waals surface area contributed by atoms with E-state index in [4.69, 9.17) is 16.3 Å². The van der Waals surface area contributed by atoms with Gasteiger partial charge in [0, 0.05) is 5.56 Å². The minimum atomic E-state index is -0.320. The highest BCUT2D eigenvalue weighted by atomic mass is 35.5. The summed E-state index contributed by atoms with van der Waals surface area (Å²) in [6, 6.07) is 5.95. The van der Waals surface area contributed by atoms with E-state index in [1.807, 2.05) is 6.92 Å². The van der Waals surface area contributed by atoms with Gasteiger partial charge < -0.3 is 4.74 Å². The van der Waals surface area contributed by atoms with Gasteiger partial charge >= 0.3 is 6.01 Å². The van der Waals surface area contributed by atoms with Gasteiger partial charge in [0.25, 0.3) is 0 Å². The molecule has 2 aromatic rings. The molecule has 6 heteroatoms. The van der Waals surface area contributed by atoms with E-state index < -0.39 is 0 Å². The molecule has 0 aliphatic rings. The van der Waals surface area contributed by atoms with E-state index in [0.29, 0.717) is 18.0 Å². The van der Waals surface area contributed by atoms with Crippen molar-refractivity contribution < 1.29 is 9.13 Å². The number of hydrogen-bond donors (Lipinski definition) is 0. The fraction of sp³-hybridized carbons (Fsp3) is 0.182. The highest BCUT2D eigenvalue weighted by Crippen LogP contribution is 2.19. The molecular weight excluding hydrogens is 245 g/mol. The van der Waals surface area contributed by atoms with Crippen molar-refractivity contribution in [3.8, 4) is 17.4 Å². The molecule has 0 saturated carbocycles. The van der Waals surface area contributed by atoms with Crippen LogP contribution in [-0.4, -0.2) is 21.6 Å². The Bertz CT molecular complexity index is 519. The number of rotatable bonds is 3. The summed E-state index contributed by atoms with van der Waals surface area (Å²) >= 11 is 5.75. The molecule has 1 aromatic carbocycles. The minimum absolute atomic E-state index is 0.0442. The van der Waals surface area contributed by atoms with Crippen molar-refractivity contribution in [1.82, 2.24) is 15.0 Å². The van der Waals surface area contributed by atoms with Crippen molar-refractivity contribution in [3.05, 3.63) is 35.4 Å². The van der Waals surface area contributed by atoms with Gasteiger partial charge in [-0.1, -0.05) is 0 Å². The second kappa shape index (κ2) is 5.05. The van der Waals surface area contributed by atoms with Crippen molar-refractivity contribution >= 4 is 11.6 Å². The Hall–Kier alpha value is -1.75. The molecule has 0 atom stereocenters. The molecule has 1 aromatic heterocycles. The molecule has 1 heterocycles. The fourth-order valence-corrected chi connectivity index (χ4v) is 1.41. The van der Waals surface area contributed by atoms with Crippen molar-refractivity contribution in [3.63, 3.8) is 0 Å². The quantitative estimate of drug-likeness (QED) is 0.844. The van der Waals surface area contributed by atoms with E-state index in [9.17, 15) is 4.39 Å². The van der Waals surface area contributed by atoms with Gasteiger partial charge in [0.05, 0.1) is 6.61 Å². The number of hydrogen-bond acceptors (Lipinski definition) is 4. The summed E-state index contributed by atoms with van der Waals surface area (Å²) < 4.78 is 17.9. The topological polar surface area (TPSA) is 47.9 Å². The number of benzene rings is 1. The molecule has 0 unspecified atom stereocenters. The standard InChI is InChI=1S/C11H9ClFN3O/c1-2-17-11-15-9(14-10(12)16-11)7-3-5-8(13)6-4-7/h3-6H,2H2,1H3. The molecule has 4 nitrogen and oxygen atoms in total. The van der Waals surface area contributed by atoms with Gasteiger partial charge in [0.2, 0.25) is 5.28 Å². The first-order valence-electron chi connectivity index (χ1n) is 4.99. The summed E-state index contributed by atoms with van der Waals surface area (Å²) in [5.74, 6) is 0.0346. The van der Waals surface area contributed by atoms with E-state index in [1.165, 1.54) is 12.1 Å². The summed E-state index contributed by atoms with van der Waals surface area (Å²) in [5, 5.41) is 0.0442. The van der Waals surface area contributed by atoms with E-state index in [2.05, 4.69) is 15.0 Å². The average molecular weight is 254 g/mol. The normalized spacial score (nSPS) is 10.3. The first-order valence-corrected chi connectivity index (χ1v) is 5.37. The van der Waals surface area contributed by atoms with Gasteiger partial charge in [0.15, 0.2) is 5.82 Å². The lowest BCUT2D eigenvalue weighted by molar-refractivity contribution is 0.312. The van der Waals surface area contributed by atoms with Gasteiger partial charge in [-0.2, -0.15) is 15.0 Å². The second-order valence-electron chi connectivity index (χ2n) is 3.15. The molecule has 0 spiro atoms. The lowest BCUT2D eigenvalue weighted by Gasteiger charge is -2.04. The van der Waals surface area contributed by atoms with Crippen molar-refractivity contribution in [2.24, 2.45) is 0 Å². The zero-order valence-corrected chi connectivity index (χ0v) is 9.78. The molecule has 0 aliphatic heterocycles. The van der Waals surface area contributed by atoms with E-state index in [0.717, 1.165) is 0 Å². The predicted molar refractivity (Wildman–Crippen MR) is 61.4 cm³/mol. The summed E-state index contributed by atoms with van der Waals surface area (Å²) in [6.07, 6.45) is 0. The molecule has 0 amide bonds. The molecule has 0 fully saturated rings. The molecule has 2 rings (SSSR count). The van der Waals surface area contributed by atoms with Crippen LogP contribution >= 0.6 is 11.6 Å². The smallest absolute Gasteiger partial charge is 0.321 e. The lowest BCUT2D eigenvalue weighted by Crippen LogP contribution is -2.01. The van der Waals surface area contributed by atoms with Crippen molar-refractivity contribution in [2.45, 2.75) is 6.92 Å². The first kappa shape index (κ1) is 11.7. The Morgan fingerprint density at radius 2 is 1.88 bits per heavy atom. The van der Waals surface area contributed by atoms with Gasteiger partial charge in [0.1, 0.15) is 5.82 Å². The summed E-state index contributed by atoms with van der Waals surface area (Å²) in [5.41, 5.74) is 0.650. The summed E-state index contributed by atoms with van der Waals surface area (Å²) in [4.78, 5) is 11.8. The van der Waals surface area contributed by atoms with Crippen LogP contribution in [0, 0.1) is 5.82 Å². The molecule has 0 bridgehead atoms. The number of ether oxygens (including phenoxy) is 1. The third-order valence-electron chi connectivity index (χ3n) is 1.96. The Labute approximate surface area is 102 Å². The Kier molecular flexibility index (Phi) is 3.49. The van der Waals surface area contributed by atoms with Crippen LogP contribution in [0.4, 0.5) is 4.39 Å². The van der Waals surface area contributed by atoms with Crippen LogP contribution in [0.1, 0.15) is 6.92 Å². The SMILES string of the molecule is CCOc1nc(Cl)nc(-c2ccc(F)cc2)n1. The van der Waals surface area contributed by atoms with Gasteiger partial charge in [-0.15, -0.1) is 0 Å². The van der Waals surface area contributed by atoms with Crippen LogP contribution < -0.4 is 4.74 Å². The summed E-state index contributed by atoms with van der Waals surface area (Å²) in [6.45, 7) is 2.25. The van der Waals surface area contributed by atoms with Gasteiger partial charge in [-0.05, 0) is 42.8 Å². The zero-order valence-electron chi connectivity index (χ0n) is 9.02. The van der Waals surface area contributed by atoms with Gasteiger partial charge in [-0.25, -0.2) is 4.39 Å². The third-order valence-corrected chi connectivity index (χ3v) is 2.13. The highest BCUT2D eigenvalue weighted by Gasteiger charge is 2.07. The monoisotopic (exact) mass is 253 g/mol. The largest absolute Gasteiger partial charge is 0.464 e. The molecule has 0 radical (unpaired) electrons. The van der Waals surface area contributed by atoms with Crippen LogP contribution in [0.5, 0.6) is 6.01 Å². The number of halogens is 2. The van der Waals surface area contributed by atoms with Crippen LogP contribution in [-0.2, 0) is 0 Å². The zero-order chi connectivity index (χ0) is 12.3. The fourth-order valence-electron chi connectivity index (χ4n) is 1.25. The van der Waals surface area contributed by atoms with E-state index in [1.54, 1.807) is 12.1 Å². The third kappa shape index (κ3) is 2.88. The molecule has 0 N–H and O–H groups in total. The van der Waals surface area contributed by atoms with Crippen LogP contribution in [0.15, 0.2) is 24.3 Å². The Morgan fingerprint density at radius 1 is 1.18 bits per heavy atom. The summed E-state index contributed by atoms with van der Waals surface area (Å²) in [7, 11) is 0. The first-order chi connectivity index (χ1) is 8.19. The lowest BCUT2D eigenvalue weighted by atomic mass is 10.2. The molecule has 88 valence electrons. The van der Waals surface area contributed by atoms with E-state index >= 15 is 0 Å². The number of aromatic nitrogens is 3. The number of nitrogens with zero attached hydrogens (tertiary/aromatic N) is 3. The van der Waals surface area contributed by atoms with E-state index in [-0.39, 0.29) is 17.1 Å². The van der Waals surface area contributed by atoms with Crippen LogP contribution in [0.25, 0.3) is 11.4 Å². The van der Waals surface area contributed by atoms with Crippen LogP contribution in [0.2, 0.25) is 5.28 Å². The Morgan fingerprint density at radius 3 is 2.53 bits per heavy atom. The average Bonchev–Trinajstić information content (AvgIpc) is 2.29. The highest BCUT2D eigenvalue weighted by molar-refractivity contribution is 6.28. The molecular formula is C11H9ClFN3O. The van der Waals surface area contributed by atoms with Crippen molar-refractivity contribution in [1.29, 1.82) is 0 Å². The molecule has 17 heavy (non-hydrogen) atoms. The molecule has 0 aliphatic carbocycles. The second-order valence-corrected chi connectivity index (χ2v) is 3.49. The van der Waals surface area contributed by atoms with Crippen LogP contribution in [0.3, 0.4) is 0 Å². The maximum absolute atomic E-state index is 12.8.